The predicted octanol–water partition coefficient (Wildman–Crippen LogP) is 3.68. The zero-order valence-corrected chi connectivity index (χ0v) is 18.1. The second kappa shape index (κ2) is 10.1. The first-order valence-electron chi connectivity index (χ1n) is 10.3. The molecule has 1 N–H and O–H groups in total. The number of nitriles is 1. The lowest BCUT2D eigenvalue weighted by Crippen LogP contribution is -2.21. The molecule has 0 spiro atoms. The summed E-state index contributed by atoms with van der Waals surface area (Å²) in [6.45, 7) is 6.92. The molecule has 162 valence electrons. The largest absolute Gasteiger partial charge is 0.451 e. The third-order valence-electron chi connectivity index (χ3n) is 5.30. The number of rotatable bonds is 7. The monoisotopic (exact) mass is 421 g/mol. The lowest BCUT2D eigenvalue weighted by molar-refractivity contribution is -0.142. The van der Waals surface area contributed by atoms with Crippen LogP contribution in [0.15, 0.2) is 35.9 Å². The zero-order valence-electron chi connectivity index (χ0n) is 18.1. The van der Waals surface area contributed by atoms with Crippen molar-refractivity contribution < 1.29 is 19.1 Å². The Labute approximate surface area is 182 Å². The number of hydrogen-bond acceptors (Lipinski definition) is 5. The Morgan fingerprint density at radius 2 is 2.13 bits per heavy atom. The van der Waals surface area contributed by atoms with Gasteiger partial charge in [0, 0.05) is 30.2 Å². The number of esters is 1. The van der Waals surface area contributed by atoms with Crippen molar-refractivity contribution in [3.05, 3.63) is 58.4 Å². The number of nitrogens with zero attached hydrogens (tertiary/aromatic N) is 2. The summed E-state index contributed by atoms with van der Waals surface area (Å²) < 4.78 is 12.9. The molecule has 1 fully saturated rings. The van der Waals surface area contributed by atoms with Gasteiger partial charge >= 0.3 is 5.97 Å². The standard InChI is InChI=1S/C24H27N3O4/c1-16-6-4-7-21(10-16)26-23(28)15-31-24(29)20(13-25)12-19-11-17(2)27(18(19)3)14-22-8-5-9-30-22/h4,6-7,10-12,22H,5,8-9,14-15H2,1-3H3,(H,26,28)/b20-12+/t22-/m0/s1. The number of carbonyl (C=O) groups excluding carboxylic acids is 2. The van der Waals surface area contributed by atoms with Crippen molar-refractivity contribution >= 4 is 23.6 Å². The molecule has 0 radical (unpaired) electrons. The molecule has 2 heterocycles. The van der Waals surface area contributed by atoms with E-state index in [-0.39, 0.29) is 11.7 Å². The van der Waals surface area contributed by atoms with Crippen LogP contribution in [0.5, 0.6) is 0 Å². The minimum absolute atomic E-state index is 0.152. The van der Waals surface area contributed by atoms with Crippen molar-refractivity contribution in [3.8, 4) is 6.07 Å². The van der Waals surface area contributed by atoms with Crippen molar-refractivity contribution in [2.45, 2.75) is 46.3 Å². The number of ether oxygens (including phenoxy) is 2. The van der Waals surface area contributed by atoms with Crippen LogP contribution in [0.4, 0.5) is 5.69 Å². The molecule has 1 saturated heterocycles. The quantitative estimate of drug-likeness (QED) is 0.418. The Balaban J connectivity index is 1.63. The van der Waals surface area contributed by atoms with Gasteiger partial charge in [0.15, 0.2) is 6.61 Å². The summed E-state index contributed by atoms with van der Waals surface area (Å²) in [7, 11) is 0. The third kappa shape index (κ3) is 5.83. The molecular weight excluding hydrogens is 394 g/mol. The van der Waals surface area contributed by atoms with Crippen molar-refractivity contribution in [3.63, 3.8) is 0 Å². The highest BCUT2D eigenvalue weighted by atomic mass is 16.5. The molecular formula is C24H27N3O4. The van der Waals surface area contributed by atoms with E-state index in [2.05, 4.69) is 9.88 Å². The molecule has 1 aliphatic heterocycles. The van der Waals surface area contributed by atoms with Crippen LogP contribution in [-0.4, -0.2) is 35.8 Å². The summed E-state index contributed by atoms with van der Waals surface area (Å²) in [6, 6.07) is 11.1. The van der Waals surface area contributed by atoms with Gasteiger partial charge in [0.1, 0.15) is 11.6 Å². The average molecular weight is 421 g/mol. The van der Waals surface area contributed by atoms with Gasteiger partial charge in [-0.05, 0) is 69.0 Å². The molecule has 1 atom stereocenters. The molecule has 3 rings (SSSR count). The van der Waals surface area contributed by atoms with Gasteiger partial charge in [0.05, 0.1) is 6.10 Å². The fraction of sp³-hybridized carbons (Fsp3) is 0.375. The molecule has 0 bridgehead atoms. The molecule has 0 saturated carbocycles. The Kier molecular flexibility index (Phi) is 7.27. The topological polar surface area (TPSA) is 93.4 Å². The maximum absolute atomic E-state index is 12.4. The first-order chi connectivity index (χ1) is 14.9. The maximum atomic E-state index is 12.4. The van der Waals surface area contributed by atoms with E-state index in [0.29, 0.717) is 5.69 Å². The second-order valence-corrected chi connectivity index (χ2v) is 7.74. The Bertz CT molecular complexity index is 1040. The van der Waals surface area contributed by atoms with Crippen molar-refractivity contribution in [2.24, 2.45) is 0 Å². The van der Waals surface area contributed by atoms with Gasteiger partial charge in [-0.3, -0.25) is 4.79 Å². The molecule has 31 heavy (non-hydrogen) atoms. The molecule has 1 aromatic carbocycles. The summed E-state index contributed by atoms with van der Waals surface area (Å²) in [5.74, 6) is -1.29. The van der Waals surface area contributed by atoms with Crippen LogP contribution in [0.3, 0.4) is 0 Å². The molecule has 1 aliphatic rings. The van der Waals surface area contributed by atoms with Gasteiger partial charge in [0.25, 0.3) is 5.91 Å². The van der Waals surface area contributed by atoms with Crippen LogP contribution in [0, 0.1) is 32.1 Å². The first kappa shape index (κ1) is 22.3. The normalized spacial score (nSPS) is 16.1. The van der Waals surface area contributed by atoms with E-state index in [1.807, 2.05) is 51.1 Å². The van der Waals surface area contributed by atoms with Crippen molar-refractivity contribution in [1.82, 2.24) is 4.57 Å². The van der Waals surface area contributed by atoms with Crippen LogP contribution in [0.25, 0.3) is 6.08 Å². The van der Waals surface area contributed by atoms with E-state index in [0.717, 1.165) is 48.5 Å². The molecule has 0 unspecified atom stereocenters. The molecule has 7 nitrogen and oxygen atoms in total. The van der Waals surface area contributed by atoms with Gasteiger partial charge < -0.3 is 19.4 Å². The number of aryl methyl sites for hydroxylation is 2. The maximum Gasteiger partial charge on any atom is 0.349 e. The second-order valence-electron chi connectivity index (χ2n) is 7.74. The van der Waals surface area contributed by atoms with Crippen molar-refractivity contribution in [1.29, 1.82) is 5.26 Å². The number of carbonyl (C=O) groups is 2. The SMILES string of the molecule is Cc1cccc(NC(=O)COC(=O)/C(C#N)=C/c2cc(C)n(C[C@@H]3CCCO3)c2C)c1. The molecule has 2 aromatic rings. The van der Waals surface area contributed by atoms with Crippen LogP contribution in [0.2, 0.25) is 0 Å². The first-order valence-corrected chi connectivity index (χ1v) is 10.3. The van der Waals surface area contributed by atoms with E-state index in [9.17, 15) is 14.9 Å². The Morgan fingerprint density at radius 3 is 2.81 bits per heavy atom. The van der Waals surface area contributed by atoms with Gasteiger partial charge in [-0.15, -0.1) is 0 Å². The highest BCUT2D eigenvalue weighted by molar-refractivity contribution is 6.00. The highest BCUT2D eigenvalue weighted by Gasteiger charge is 2.20. The fourth-order valence-corrected chi connectivity index (χ4v) is 3.67. The average Bonchev–Trinajstić information content (AvgIpc) is 3.34. The molecule has 0 aliphatic carbocycles. The van der Waals surface area contributed by atoms with E-state index >= 15 is 0 Å². The van der Waals surface area contributed by atoms with Gasteiger partial charge in [-0.2, -0.15) is 5.26 Å². The van der Waals surface area contributed by atoms with Gasteiger partial charge in [-0.1, -0.05) is 12.1 Å². The summed E-state index contributed by atoms with van der Waals surface area (Å²) in [4.78, 5) is 24.4. The van der Waals surface area contributed by atoms with E-state index in [1.54, 1.807) is 6.07 Å². The third-order valence-corrected chi connectivity index (χ3v) is 5.30. The molecule has 7 heteroatoms. The number of hydrogen-bond donors (Lipinski definition) is 1. The number of anilines is 1. The zero-order chi connectivity index (χ0) is 22.4. The van der Waals surface area contributed by atoms with Gasteiger partial charge in [0.2, 0.25) is 0 Å². The number of benzene rings is 1. The lowest BCUT2D eigenvalue weighted by Gasteiger charge is -2.14. The molecule has 1 aromatic heterocycles. The summed E-state index contributed by atoms with van der Waals surface area (Å²) >= 11 is 0. The highest BCUT2D eigenvalue weighted by Crippen LogP contribution is 2.22. The molecule has 1 amide bonds. The lowest BCUT2D eigenvalue weighted by atomic mass is 10.1. The van der Waals surface area contributed by atoms with Gasteiger partial charge in [-0.25, -0.2) is 4.79 Å². The van der Waals surface area contributed by atoms with Crippen molar-refractivity contribution in [2.75, 3.05) is 18.5 Å². The van der Waals surface area contributed by atoms with E-state index < -0.39 is 18.5 Å². The minimum atomic E-state index is -0.828. The van der Waals surface area contributed by atoms with Crippen LogP contribution in [0.1, 0.15) is 35.4 Å². The minimum Gasteiger partial charge on any atom is -0.451 e. The smallest absolute Gasteiger partial charge is 0.349 e. The van der Waals surface area contributed by atoms with Crippen LogP contribution >= 0.6 is 0 Å². The Morgan fingerprint density at radius 1 is 1.32 bits per heavy atom. The summed E-state index contributed by atoms with van der Waals surface area (Å²) in [5.41, 5.74) is 4.22. The van der Waals surface area contributed by atoms with Crippen LogP contribution < -0.4 is 5.32 Å². The predicted molar refractivity (Wildman–Crippen MR) is 117 cm³/mol. The fourth-order valence-electron chi connectivity index (χ4n) is 3.67. The van der Waals surface area contributed by atoms with E-state index in [1.165, 1.54) is 6.08 Å². The summed E-state index contributed by atoms with van der Waals surface area (Å²) in [5, 5.41) is 12.1. The number of nitrogens with one attached hydrogen (secondary N) is 1. The number of aromatic nitrogens is 1. The Hall–Kier alpha value is -3.37. The summed E-state index contributed by atoms with van der Waals surface area (Å²) in [6.07, 6.45) is 3.80. The van der Waals surface area contributed by atoms with Crippen LogP contribution in [-0.2, 0) is 25.6 Å². The number of amides is 1. The van der Waals surface area contributed by atoms with E-state index in [4.69, 9.17) is 9.47 Å².